The van der Waals surface area contributed by atoms with Crippen molar-refractivity contribution in [2.45, 2.75) is 37.6 Å². The maximum Gasteiger partial charge on any atom is 0.305 e. The van der Waals surface area contributed by atoms with E-state index in [1.807, 2.05) is 0 Å². The Kier molecular flexibility index (Phi) is 4.09. The molecule has 6 heteroatoms. The highest BCUT2D eigenvalue weighted by Crippen LogP contribution is 2.33. The maximum atomic E-state index is 11.6. The number of sulfonamides is 1. The van der Waals surface area contributed by atoms with Crippen LogP contribution in [0, 0.1) is 0 Å². The van der Waals surface area contributed by atoms with Crippen LogP contribution in [0.15, 0.2) is 12.7 Å². The zero-order valence-electron chi connectivity index (χ0n) is 9.11. The first-order valence-corrected chi connectivity index (χ1v) is 6.89. The third kappa shape index (κ3) is 3.61. The van der Waals surface area contributed by atoms with Crippen molar-refractivity contribution in [1.82, 2.24) is 4.72 Å². The molecule has 1 aliphatic rings. The highest BCUT2D eigenvalue weighted by atomic mass is 32.2. The average molecular weight is 247 g/mol. The number of hydrogen-bond acceptors (Lipinski definition) is 3. The molecule has 0 atom stereocenters. The van der Waals surface area contributed by atoms with E-state index >= 15 is 0 Å². The summed E-state index contributed by atoms with van der Waals surface area (Å²) in [6.07, 6.45) is 4.06. The summed E-state index contributed by atoms with van der Waals surface area (Å²) in [6, 6.07) is 0. The fourth-order valence-corrected chi connectivity index (χ4v) is 3.51. The van der Waals surface area contributed by atoms with Gasteiger partial charge in [0.1, 0.15) is 0 Å². The summed E-state index contributed by atoms with van der Waals surface area (Å²) in [7, 11) is -3.45. The van der Waals surface area contributed by atoms with Gasteiger partial charge in [-0.05, 0) is 12.8 Å². The van der Waals surface area contributed by atoms with E-state index in [1.165, 1.54) is 6.08 Å². The summed E-state index contributed by atoms with van der Waals surface area (Å²) in [6.45, 7) is 3.37. The number of carbonyl (C=O) groups is 1. The van der Waals surface area contributed by atoms with Crippen molar-refractivity contribution in [3.63, 3.8) is 0 Å². The summed E-state index contributed by atoms with van der Waals surface area (Å²) >= 11 is 0. The average Bonchev–Trinajstić information content (AvgIpc) is 2.49. The normalized spacial score (nSPS) is 19.5. The van der Waals surface area contributed by atoms with Crippen LogP contribution in [-0.4, -0.2) is 30.8 Å². The zero-order chi connectivity index (χ0) is 12.2. The molecule has 0 radical (unpaired) electrons. The Hall–Kier alpha value is -0.880. The Morgan fingerprint density at radius 3 is 2.44 bits per heavy atom. The monoisotopic (exact) mass is 247 g/mol. The van der Waals surface area contributed by atoms with Crippen molar-refractivity contribution in [2.75, 3.05) is 5.75 Å². The molecule has 0 unspecified atom stereocenters. The minimum absolute atomic E-state index is 0.149. The van der Waals surface area contributed by atoms with Gasteiger partial charge in [0.2, 0.25) is 10.0 Å². The number of carboxylic acid groups (broad SMARTS) is 1. The standard InChI is InChI=1S/C10H17NO4S/c1-2-7-16(14,15)11-10(8-9(12)13)5-3-4-6-10/h2,11H,1,3-8H2,(H,12,13). The van der Waals surface area contributed by atoms with E-state index in [4.69, 9.17) is 5.11 Å². The Morgan fingerprint density at radius 1 is 1.44 bits per heavy atom. The van der Waals surface area contributed by atoms with E-state index in [1.54, 1.807) is 0 Å². The first-order chi connectivity index (χ1) is 7.39. The van der Waals surface area contributed by atoms with Crippen molar-refractivity contribution < 1.29 is 18.3 Å². The highest BCUT2D eigenvalue weighted by Gasteiger charge is 2.38. The predicted molar refractivity (Wildman–Crippen MR) is 60.6 cm³/mol. The molecule has 92 valence electrons. The van der Waals surface area contributed by atoms with Crippen LogP contribution in [0.3, 0.4) is 0 Å². The van der Waals surface area contributed by atoms with E-state index in [9.17, 15) is 13.2 Å². The number of nitrogens with one attached hydrogen (secondary N) is 1. The molecule has 0 spiro atoms. The van der Waals surface area contributed by atoms with Crippen LogP contribution in [0.25, 0.3) is 0 Å². The first kappa shape index (κ1) is 13.2. The first-order valence-electron chi connectivity index (χ1n) is 5.23. The van der Waals surface area contributed by atoms with Gasteiger partial charge in [-0.25, -0.2) is 13.1 Å². The predicted octanol–water partition coefficient (Wildman–Crippen LogP) is 0.879. The third-order valence-electron chi connectivity index (χ3n) is 2.76. The van der Waals surface area contributed by atoms with Gasteiger partial charge in [0.25, 0.3) is 0 Å². The lowest BCUT2D eigenvalue weighted by molar-refractivity contribution is -0.138. The number of aliphatic carboxylic acids is 1. The summed E-state index contributed by atoms with van der Waals surface area (Å²) in [5, 5.41) is 8.81. The summed E-state index contributed by atoms with van der Waals surface area (Å²) in [5.74, 6) is -1.14. The van der Waals surface area contributed by atoms with Gasteiger partial charge in [-0.15, -0.1) is 6.58 Å². The largest absolute Gasteiger partial charge is 0.481 e. The van der Waals surface area contributed by atoms with Crippen LogP contribution in [-0.2, 0) is 14.8 Å². The van der Waals surface area contributed by atoms with Crippen molar-refractivity contribution in [2.24, 2.45) is 0 Å². The molecule has 0 bridgehead atoms. The van der Waals surface area contributed by atoms with E-state index in [-0.39, 0.29) is 12.2 Å². The fraction of sp³-hybridized carbons (Fsp3) is 0.700. The molecule has 1 saturated carbocycles. The number of carboxylic acids is 1. The minimum Gasteiger partial charge on any atom is -0.481 e. The van der Waals surface area contributed by atoms with Gasteiger partial charge < -0.3 is 5.11 Å². The van der Waals surface area contributed by atoms with Gasteiger partial charge in [0, 0.05) is 5.54 Å². The van der Waals surface area contributed by atoms with Crippen molar-refractivity contribution in [3.8, 4) is 0 Å². The molecule has 0 amide bonds. The number of rotatable bonds is 6. The molecule has 0 aromatic rings. The molecule has 0 aliphatic heterocycles. The molecule has 0 aromatic heterocycles. The Bertz CT molecular complexity index is 368. The fourth-order valence-electron chi connectivity index (χ4n) is 2.18. The van der Waals surface area contributed by atoms with Crippen LogP contribution in [0.5, 0.6) is 0 Å². The van der Waals surface area contributed by atoms with E-state index in [2.05, 4.69) is 11.3 Å². The molecule has 1 aliphatic carbocycles. The second-order valence-corrected chi connectivity index (χ2v) is 6.00. The van der Waals surface area contributed by atoms with Crippen molar-refractivity contribution in [1.29, 1.82) is 0 Å². The summed E-state index contributed by atoms with van der Waals surface area (Å²) < 4.78 is 25.7. The van der Waals surface area contributed by atoms with Gasteiger partial charge in [-0.3, -0.25) is 4.79 Å². The second kappa shape index (κ2) is 4.97. The summed E-state index contributed by atoms with van der Waals surface area (Å²) in [4.78, 5) is 10.7. The molecule has 16 heavy (non-hydrogen) atoms. The molecule has 1 fully saturated rings. The van der Waals surface area contributed by atoms with Crippen LogP contribution in [0.1, 0.15) is 32.1 Å². The van der Waals surface area contributed by atoms with Crippen molar-refractivity contribution >= 4 is 16.0 Å². The SMILES string of the molecule is C=CCS(=O)(=O)NC1(CC(=O)O)CCCC1. The topological polar surface area (TPSA) is 83.5 Å². The van der Waals surface area contributed by atoms with Crippen LogP contribution in [0.4, 0.5) is 0 Å². The highest BCUT2D eigenvalue weighted by molar-refractivity contribution is 7.89. The Labute approximate surface area is 95.6 Å². The lowest BCUT2D eigenvalue weighted by Gasteiger charge is -2.27. The van der Waals surface area contributed by atoms with Crippen LogP contribution in [0.2, 0.25) is 0 Å². The number of hydrogen-bond donors (Lipinski definition) is 2. The van der Waals surface area contributed by atoms with Crippen LogP contribution >= 0.6 is 0 Å². The maximum absolute atomic E-state index is 11.6. The molecule has 2 N–H and O–H groups in total. The van der Waals surface area contributed by atoms with Gasteiger partial charge >= 0.3 is 5.97 Å². The lowest BCUT2D eigenvalue weighted by atomic mass is 9.95. The Morgan fingerprint density at radius 2 is 2.00 bits per heavy atom. The smallest absolute Gasteiger partial charge is 0.305 e. The van der Waals surface area contributed by atoms with E-state index in [0.29, 0.717) is 12.8 Å². The molecule has 5 nitrogen and oxygen atoms in total. The molecule has 0 saturated heterocycles. The molecule has 0 heterocycles. The van der Waals surface area contributed by atoms with Gasteiger partial charge in [0.15, 0.2) is 0 Å². The lowest BCUT2D eigenvalue weighted by Crippen LogP contribution is -2.48. The van der Waals surface area contributed by atoms with Crippen LogP contribution < -0.4 is 4.72 Å². The minimum atomic E-state index is -3.45. The second-order valence-electron chi connectivity index (χ2n) is 4.23. The van der Waals surface area contributed by atoms with Crippen molar-refractivity contribution in [3.05, 3.63) is 12.7 Å². The molecular weight excluding hydrogens is 230 g/mol. The Balaban J connectivity index is 2.79. The van der Waals surface area contributed by atoms with Gasteiger partial charge in [-0.1, -0.05) is 18.9 Å². The van der Waals surface area contributed by atoms with E-state index < -0.39 is 21.5 Å². The molecule has 0 aromatic carbocycles. The summed E-state index contributed by atoms with van der Waals surface area (Å²) in [5.41, 5.74) is -0.784. The third-order valence-corrected chi connectivity index (χ3v) is 4.18. The van der Waals surface area contributed by atoms with E-state index in [0.717, 1.165) is 12.8 Å². The molecule has 1 rings (SSSR count). The van der Waals surface area contributed by atoms with Gasteiger partial charge in [0.05, 0.1) is 12.2 Å². The molecular formula is C10H17NO4S. The van der Waals surface area contributed by atoms with Gasteiger partial charge in [-0.2, -0.15) is 0 Å². The zero-order valence-corrected chi connectivity index (χ0v) is 9.92. The quantitative estimate of drug-likeness (QED) is 0.682.